The summed E-state index contributed by atoms with van der Waals surface area (Å²) in [4.78, 5) is 13.8. The van der Waals surface area contributed by atoms with Crippen LogP contribution in [0.4, 0.5) is 13.2 Å². The molecule has 1 aliphatic heterocycles. The molecule has 0 aromatic heterocycles. The first-order valence-electron chi connectivity index (χ1n) is 7.46. The highest BCUT2D eigenvalue weighted by molar-refractivity contribution is 5.96. The lowest BCUT2D eigenvalue weighted by Gasteiger charge is -2.41. The van der Waals surface area contributed by atoms with Crippen molar-refractivity contribution >= 4 is 5.91 Å². The number of amides is 1. The molecule has 0 saturated carbocycles. The van der Waals surface area contributed by atoms with Gasteiger partial charge >= 0.3 is 6.18 Å². The van der Waals surface area contributed by atoms with E-state index in [1.807, 2.05) is 0 Å². The average Bonchev–Trinajstić information content (AvgIpc) is 2.48. The summed E-state index contributed by atoms with van der Waals surface area (Å²) in [6, 6.07) is 3.04. The zero-order valence-corrected chi connectivity index (χ0v) is 13.0. The van der Waals surface area contributed by atoms with Gasteiger partial charge in [0.1, 0.15) is 6.10 Å². The van der Waals surface area contributed by atoms with Crippen LogP contribution in [0.25, 0.3) is 0 Å². The molecule has 1 fully saturated rings. The highest BCUT2D eigenvalue weighted by Crippen LogP contribution is 2.32. The van der Waals surface area contributed by atoms with E-state index in [4.69, 9.17) is 0 Å². The second kappa shape index (κ2) is 6.13. The SMILES string of the molecule is CC[C@]1(O)CCN(C(=O)c2cc(C(F)(F)F)ccc2C)C[C@@H]1O. The van der Waals surface area contributed by atoms with E-state index in [0.29, 0.717) is 12.0 Å². The van der Waals surface area contributed by atoms with Gasteiger partial charge in [0.05, 0.1) is 11.2 Å². The maximum Gasteiger partial charge on any atom is 0.416 e. The van der Waals surface area contributed by atoms with Gasteiger partial charge in [0, 0.05) is 18.7 Å². The van der Waals surface area contributed by atoms with Crippen molar-refractivity contribution in [3.63, 3.8) is 0 Å². The largest absolute Gasteiger partial charge is 0.416 e. The molecular weight excluding hydrogens is 311 g/mol. The zero-order chi connectivity index (χ0) is 17.4. The number of aliphatic hydroxyl groups excluding tert-OH is 1. The lowest BCUT2D eigenvalue weighted by Crippen LogP contribution is -2.56. The number of aliphatic hydroxyl groups is 2. The molecule has 0 unspecified atom stereocenters. The molecule has 1 heterocycles. The van der Waals surface area contributed by atoms with E-state index < -0.39 is 29.4 Å². The van der Waals surface area contributed by atoms with Crippen LogP contribution in [0.3, 0.4) is 0 Å². The Morgan fingerprint density at radius 3 is 2.61 bits per heavy atom. The molecule has 4 nitrogen and oxygen atoms in total. The smallest absolute Gasteiger partial charge is 0.388 e. The Morgan fingerprint density at radius 1 is 1.43 bits per heavy atom. The van der Waals surface area contributed by atoms with Crippen molar-refractivity contribution in [2.24, 2.45) is 0 Å². The number of rotatable bonds is 2. The second-order valence-corrected chi connectivity index (χ2v) is 6.00. The number of alkyl halides is 3. The average molecular weight is 331 g/mol. The van der Waals surface area contributed by atoms with E-state index in [9.17, 15) is 28.2 Å². The third kappa shape index (κ3) is 3.50. The number of carbonyl (C=O) groups excluding carboxylic acids is 1. The fourth-order valence-corrected chi connectivity index (χ4v) is 2.76. The summed E-state index contributed by atoms with van der Waals surface area (Å²) in [5, 5.41) is 20.2. The van der Waals surface area contributed by atoms with Crippen LogP contribution < -0.4 is 0 Å². The molecule has 2 rings (SSSR count). The summed E-state index contributed by atoms with van der Waals surface area (Å²) >= 11 is 0. The molecule has 0 aliphatic carbocycles. The Morgan fingerprint density at radius 2 is 2.09 bits per heavy atom. The van der Waals surface area contributed by atoms with Gasteiger partial charge in [-0.1, -0.05) is 13.0 Å². The first-order valence-corrected chi connectivity index (χ1v) is 7.46. The fraction of sp³-hybridized carbons (Fsp3) is 0.562. The predicted molar refractivity (Wildman–Crippen MR) is 77.9 cm³/mol. The highest BCUT2D eigenvalue weighted by Gasteiger charge is 2.41. The Balaban J connectivity index is 2.25. The molecule has 0 radical (unpaired) electrons. The molecule has 1 aromatic carbocycles. The number of halogens is 3. The minimum atomic E-state index is -4.52. The van der Waals surface area contributed by atoms with Gasteiger partial charge in [-0.15, -0.1) is 0 Å². The third-order valence-electron chi connectivity index (χ3n) is 4.52. The fourth-order valence-electron chi connectivity index (χ4n) is 2.76. The molecule has 1 amide bonds. The first-order chi connectivity index (χ1) is 10.6. The quantitative estimate of drug-likeness (QED) is 0.875. The number of β-amino-alcohol motifs (C(OH)–C–C–N with tert-alkyl or cyclic N) is 1. The number of benzene rings is 1. The third-order valence-corrected chi connectivity index (χ3v) is 4.52. The van der Waals surface area contributed by atoms with Crippen LogP contribution in [-0.2, 0) is 6.18 Å². The van der Waals surface area contributed by atoms with Gasteiger partial charge in [-0.3, -0.25) is 4.79 Å². The van der Waals surface area contributed by atoms with Crippen LogP contribution in [-0.4, -0.2) is 45.8 Å². The van der Waals surface area contributed by atoms with Crippen molar-refractivity contribution in [2.45, 2.75) is 44.6 Å². The van der Waals surface area contributed by atoms with Crippen LogP contribution in [0.15, 0.2) is 18.2 Å². The van der Waals surface area contributed by atoms with E-state index in [2.05, 4.69) is 0 Å². The van der Waals surface area contributed by atoms with E-state index in [1.165, 1.54) is 11.0 Å². The van der Waals surface area contributed by atoms with Gasteiger partial charge in [0.15, 0.2) is 0 Å². The van der Waals surface area contributed by atoms with Gasteiger partial charge in [-0.25, -0.2) is 0 Å². The predicted octanol–water partition coefficient (Wildman–Crippen LogP) is 2.36. The van der Waals surface area contributed by atoms with Gasteiger partial charge in [-0.05, 0) is 37.5 Å². The number of hydrogen-bond acceptors (Lipinski definition) is 3. The Bertz CT molecular complexity index is 603. The molecule has 1 aromatic rings. The summed E-state index contributed by atoms with van der Waals surface area (Å²) in [6.45, 7) is 3.39. The van der Waals surface area contributed by atoms with Crippen molar-refractivity contribution in [1.29, 1.82) is 0 Å². The lowest BCUT2D eigenvalue weighted by atomic mass is 9.86. The maximum atomic E-state index is 12.8. The molecule has 2 N–H and O–H groups in total. The van der Waals surface area contributed by atoms with Gasteiger partial charge in [-0.2, -0.15) is 13.2 Å². The second-order valence-electron chi connectivity index (χ2n) is 6.00. The van der Waals surface area contributed by atoms with E-state index in [-0.39, 0.29) is 25.1 Å². The van der Waals surface area contributed by atoms with Crippen LogP contribution in [0.1, 0.15) is 41.3 Å². The zero-order valence-electron chi connectivity index (χ0n) is 13.0. The van der Waals surface area contributed by atoms with E-state index >= 15 is 0 Å². The molecule has 23 heavy (non-hydrogen) atoms. The van der Waals surface area contributed by atoms with Crippen molar-refractivity contribution in [1.82, 2.24) is 4.90 Å². The number of hydrogen-bond donors (Lipinski definition) is 2. The van der Waals surface area contributed by atoms with Crippen LogP contribution >= 0.6 is 0 Å². The highest BCUT2D eigenvalue weighted by atomic mass is 19.4. The molecule has 0 spiro atoms. The van der Waals surface area contributed by atoms with Gasteiger partial charge < -0.3 is 15.1 Å². The molecule has 7 heteroatoms. The molecular formula is C16H20F3NO3. The van der Waals surface area contributed by atoms with Crippen LogP contribution in [0, 0.1) is 6.92 Å². The summed E-state index contributed by atoms with van der Waals surface area (Å²) in [5.41, 5.74) is -1.73. The molecule has 128 valence electrons. The molecule has 0 bridgehead atoms. The van der Waals surface area contributed by atoms with Crippen LogP contribution in [0.5, 0.6) is 0 Å². The van der Waals surface area contributed by atoms with Gasteiger partial charge in [0.2, 0.25) is 0 Å². The van der Waals surface area contributed by atoms with E-state index in [0.717, 1.165) is 12.1 Å². The van der Waals surface area contributed by atoms with Crippen molar-refractivity contribution < 1.29 is 28.2 Å². The molecule has 1 saturated heterocycles. The first kappa shape index (κ1) is 17.7. The summed E-state index contributed by atoms with van der Waals surface area (Å²) < 4.78 is 38.5. The minimum absolute atomic E-state index is 0.0334. The number of carbonyl (C=O) groups is 1. The van der Waals surface area contributed by atoms with Crippen molar-refractivity contribution in [3.05, 3.63) is 34.9 Å². The Kier molecular flexibility index (Phi) is 4.73. The monoisotopic (exact) mass is 331 g/mol. The number of nitrogens with zero attached hydrogens (tertiary/aromatic N) is 1. The maximum absolute atomic E-state index is 12.8. The molecule has 2 atom stereocenters. The van der Waals surface area contributed by atoms with Crippen LogP contribution in [0.2, 0.25) is 0 Å². The normalized spacial score (nSPS) is 25.5. The Labute approximate surface area is 132 Å². The summed E-state index contributed by atoms with van der Waals surface area (Å²) in [5.74, 6) is -0.564. The van der Waals surface area contributed by atoms with Crippen molar-refractivity contribution in [2.75, 3.05) is 13.1 Å². The standard InChI is InChI=1S/C16H20F3NO3/c1-3-15(23)6-7-20(9-13(15)21)14(22)12-8-11(16(17,18)19)5-4-10(12)2/h4-5,8,13,21,23H,3,6-7,9H2,1-2H3/t13-,15-/m0/s1. The van der Waals surface area contributed by atoms with Gasteiger partial charge in [0.25, 0.3) is 5.91 Å². The lowest BCUT2D eigenvalue weighted by molar-refractivity contribution is -0.137. The summed E-state index contributed by atoms with van der Waals surface area (Å²) in [6.07, 6.45) is -5.10. The Hall–Kier alpha value is -1.60. The number of piperidine rings is 1. The van der Waals surface area contributed by atoms with Crippen molar-refractivity contribution in [3.8, 4) is 0 Å². The molecule has 1 aliphatic rings. The minimum Gasteiger partial charge on any atom is -0.388 e. The van der Waals surface area contributed by atoms with E-state index in [1.54, 1.807) is 13.8 Å². The summed E-state index contributed by atoms with van der Waals surface area (Å²) in [7, 11) is 0. The topological polar surface area (TPSA) is 60.8 Å². The number of aryl methyl sites for hydroxylation is 1. The number of likely N-dealkylation sites (tertiary alicyclic amines) is 1.